The van der Waals surface area contributed by atoms with E-state index in [0.717, 1.165) is 52.8 Å². The van der Waals surface area contributed by atoms with Gasteiger partial charge >= 0.3 is 0 Å². The second-order valence-electron chi connectivity index (χ2n) is 8.73. The van der Waals surface area contributed by atoms with E-state index in [4.69, 9.17) is 18.9 Å². The minimum atomic E-state index is -0.170. The molecule has 182 valence electrons. The summed E-state index contributed by atoms with van der Waals surface area (Å²) in [5.41, 5.74) is 3.22. The molecule has 0 spiro atoms. The number of amides is 1. The Labute approximate surface area is 205 Å². The summed E-state index contributed by atoms with van der Waals surface area (Å²) >= 11 is 0. The average Bonchev–Trinajstić information content (AvgIpc) is 3.27. The minimum absolute atomic E-state index is 0.0374. The predicted molar refractivity (Wildman–Crippen MR) is 132 cm³/mol. The normalized spacial score (nSPS) is 16.7. The summed E-state index contributed by atoms with van der Waals surface area (Å²) in [6.07, 6.45) is 0.912. The van der Waals surface area contributed by atoms with E-state index < -0.39 is 0 Å². The van der Waals surface area contributed by atoms with Gasteiger partial charge in [0.1, 0.15) is 17.6 Å². The predicted octanol–water partition coefficient (Wildman–Crippen LogP) is 4.11. The van der Waals surface area contributed by atoms with Gasteiger partial charge in [-0.3, -0.25) is 9.69 Å². The van der Waals surface area contributed by atoms with Gasteiger partial charge in [0, 0.05) is 43.7 Å². The molecule has 3 aromatic rings. The van der Waals surface area contributed by atoms with E-state index >= 15 is 0 Å². The third-order valence-electron chi connectivity index (χ3n) is 6.37. The zero-order valence-electron chi connectivity index (χ0n) is 19.9. The van der Waals surface area contributed by atoms with E-state index in [1.165, 1.54) is 0 Å². The van der Waals surface area contributed by atoms with E-state index in [0.29, 0.717) is 25.9 Å². The van der Waals surface area contributed by atoms with Crippen molar-refractivity contribution in [3.63, 3.8) is 0 Å². The second-order valence-corrected chi connectivity index (χ2v) is 8.73. The summed E-state index contributed by atoms with van der Waals surface area (Å²) in [4.78, 5) is 14.8. The molecular weight excluding hydrogens is 444 g/mol. The van der Waals surface area contributed by atoms with Crippen molar-refractivity contribution in [2.45, 2.75) is 25.5 Å². The van der Waals surface area contributed by atoms with E-state index in [-0.39, 0.29) is 18.8 Å². The van der Waals surface area contributed by atoms with Crippen LogP contribution in [0.15, 0.2) is 66.7 Å². The van der Waals surface area contributed by atoms with Crippen LogP contribution in [0.25, 0.3) is 0 Å². The standard InChI is InChI=1S/C28H30N2O5/c1-32-24-9-5-3-7-22(24)27-18-30(17-21-6-2-4-8-23(21)35-27)15-14-29-28(31)13-11-20-10-12-25-26(16-20)34-19-33-25/h2-10,12,16,27H,11,13-15,17-19H2,1H3,(H,29,31). The first-order valence-corrected chi connectivity index (χ1v) is 11.9. The Morgan fingerprint density at radius 2 is 1.86 bits per heavy atom. The molecule has 0 radical (unpaired) electrons. The molecule has 0 saturated carbocycles. The summed E-state index contributed by atoms with van der Waals surface area (Å²) in [6, 6.07) is 21.9. The lowest BCUT2D eigenvalue weighted by Gasteiger charge is -2.25. The first kappa shape index (κ1) is 23.1. The van der Waals surface area contributed by atoms with Gasteiger partial charge < -0.3 is 24.3 Å². The van der Waals surface area contributed by atoms with E-state index in [2.05, 4.69) is 16.3 Å². The fourth-order valence-corrected chi connectivity index (χ4v) is 4.54. The largest absolute Gasteiger partial charge is 0.496 e. The van der Waals surface area contributed by atoms with Gasteiger partial charge in [-0.2, -0.15) is 0 Å². The maximum absolute atomic E-state index is 12.5. The number of benzene rings is 3. The molecule has 1 N–H and O–H groups in total. The number of carbonyl (C=O) groups excluding carboxylic acids is 1. The molecule has 0 bridgehead atoms. The van der Waals surface area contributed by atoms with Crippen molar-refractivity contribution < 1.29 is 23.7 Å². The van der Waals surface area contributed by atoms with E-state index in [9.17, 15) is 4.79 Å². The Kier molecular flexibility index (Phi) is 7.04. The molecular formula is C28H30N2O5. The van der Waals surface area contributed by atoms with E-state index in [1.54, 1.807) is 7.11 Å². The SMILES string of the molecule is COc1ccccc1C1CN(CCNC(=O)CCc2ccc3c(c2)OCO3)Cc2ccccc2O1. The molecule has 3 aromatic carbocycles. The maximum atomic E-state index is 12.5. The van der Waals surface area contributed by atoms with Crippen LogP contribution >= 0.6 is 0 Å². The van der Waals surface area contributed by atoms with Crippen LogP contribution in [0, 0.1) is 0 Å². The number of hydrogen-bond donors (Lipinski definition) is 1. The molecule has 0 aliphatic carbocycles. The topological polar surface area (TPSA) is 69.3 Å². The summed E-state index contributed by atoms with van der Waals surface area (Å²) in [7, 11) is 1.68. The van der Waals surface area contributed by atoms with Gasteiger partial charge in [-0.1, -0.05) is 42.5 Å². The van der Waals surface area contributed by atoms with Crippen molar-refractivity contribution >= 4 is 5.91 Å². The molecule has 35 heavy (non-hydrogen) atoms. The van der Waals surface area contributed by atoms with Gasteiger partial charge in [-0.05, 0) is 36.2 Å². The fraction of sp³-hybridized carbons (Fsp3) is 0.321. The maximum Gasteiger partial charge on any atom is 0.231 e. The van der Waals surface area contributed by atoms with Crippen LogP contribution < -0.4 is 24.3 Å². The summed E-state index contributed by atoms with van der Waals surface area (Å²) in [5, 5.41) is 3.07. The number of fused-ring (bicyclic) bond motifs is 2. The van der Waals surface area contributed by atoms with Crippen molar-refractivity contribution in [1.82, 2.24) is 10.2 Å². The Morgan fingerprint density at radius 3 is 2.77 bits per heavy atom. The molecule has 7 heteroatoms. The van der Waals surface area contributed by atoms with Gasteiger partial charge in [0.15, 0.2) is 11.5 Å². The first-order valence-electron chi connectivity index (χ1n) is 11.9. The van der Waals surface area contributed by atoms with Crippen LogP contribution in [0.1, 0.15) is 29.2 Å². The van der Waals surface area contributed by atoms with Crippen LogP contribution in [-0.4, -0.2) is 44.3 Å². The van der Waals surface area contributed by atoms with Crippen LogP contribution in [0.4, 0.5) is 0 Å². The van der Waals surface area contributed by atoms with Gasteiger partial charge in [-0.15, -0.1) is 0 Å². The summed E-state index contributed by atoms with van der Waals surface area (Å²) in [6.45, 7) is 3.00. The molecule has 2 aliphatic heterocycles. The molecule has 0 aromatic heterocycles. The molecule has 2 aliphatic rings. The number of hydrogen-bond acceptors (Lipinski definition) is 6. The highest BCUT2D eigenvalue weighted by atomic mass is 16.7. The summed E-state index contributed by atoms with van der Waals surface area (Å²) < 4.78 is 22.8. The first-order chi connectivity index (χ1) is 17.2. The Bertz CT molecular complexity index is 1180. The Hall–Kier alpha value is -3.71. The van der Waals surface area contributed by atoms with Gasteiger partial charge in [0.2, 0.25) is 12.7 Å². The lowest BCUT2D eigenvalue weighted by atomic mass is 10.1. The Morgan fingerprint density at radius 1 is 1.03 bits per heavy atom. The number of nitrogens with zero attached hydrogens (tertiary/aromatic N) is 1. The molecule has 0 saturated heterocycles. The zero-order valence-corrected chi connectivity index (χ0v) is 19.9. The minimum Gasteiger partial charge on any atom is -0.496 e. The highest BCUT2D eigenvalue weighted by molar-refractivity contribution is 5.76. The van der Waals surface area contributed by atoms with Crippen LogP contribution in [0.2, 0.25) is 0 Å². The highest BCUT2D eigenvalue weighted by Gasteiger charge is 2.26. The number of para-hydroxylation sites is 2. The van der Waals surface area contributed by atoms with Crippen molar-refractivity contribution in [2.75, 3.05) is 33.5 Å². The lowest BCUT2D eigenvalue weighted by molar-refractivity contribution is -0.121. The third-order valence-corrected chi connectivity index (χ3v) is 6.37. The Balaban J connectivity index is 1.18. The number of methoxy groups -OCH3 is 1. The molecule has 0 fully saturated rings. The van der Waals surface area contributed by atoms with Gasteiger partial charge in [-0.25, -0.2) is 0 Å². The number of ether oxygens (including phenoxy) is 4. The smallest absolute Gasteiger partial charge is 0.231 e. The molecule has 1 unspecified atom stereocenters. The second kappa shape index (κ2) is 10.7. The van der Waals surface area contributed by atoms with E-state index in [1.807, 2.05) is 60.7 Å². The van der Waals surface area contributed by atoms with Gasteiger partial charge in [0.05, 0.1) is 7.11 Å². The third kappa shape index (κ3) is 5.52. The quantitative estimate of drug-likeness (QED) is 0.530. The monoisotopic (exact) mass is 474 g/mol. The zero-order chi connectivity index (χ0) is 24.0. The van der Waals surface area contributed by atoms with Gasteiger partial charge in [0.25, 0.3) is 0 Å². The van der Waals surface area contributed by atoms with Crippen LogP contribution in [0.3, 0.4) is 0 Å². The number of nitrogens with one attached hydrogen (secondary N) is 1. The van der Waals surface area contributed by atoms with Crippen molar-refractivity contribution in [3.05, 3.63) is 83.4 Å². The average molecular weight is 475 g/mol. The fourth-order valence-electron chi connectivity index (χ4n) is 4.54. The van der Waals surface area contributed by atoms with Crippen LogP contribution in [0.5, 0.6) is 23.0 Å². The lowest BCUT2D eigenvalue weighted by Crippen LogP contribution is -2.36. The van der Waals surface area contributed by atoms with Crippen LogP contribution in [-0.2, 0) is 17.8 Å². The molecule has 5 rings (SSSR count). The molecule has 1 amide bonds. The summed E-state index contributed by atoms with van der Waals surface area (Å²) in [5.74, 6) is 3.24. The van der Waals surface area contributed by atoms with Crippen molar-refractivity contribution in [2.24, 2.45) is 0 Å². The van der Waals surface area contributed by atoms with Crippen molar-refractivity contribution in [3.8, 4) is 23.0 Å². The molecule has 7 nitrogen and oxygen atoms in total. The molecule has 1 atom stereocenters. The molecule has 2 heterocycles. The number of carbonyl (C=O) groups is 1. The van der Waals surface area contributed by atoms with Crippen molar-refractivity contribution in [1.29, 1.82) is 0 Å². The number of aryl methyl sites for hydroxylation is 1. The number of rotatable bonds is 8. The highest BCUT2D eigenvalue weighted by Crippen LogP contribution is 2.35.